The maximum Gasteiger partial charge on any atom is 0.407 e. The molecule has 12 heteroatoms. The second-order valence-electron chi connectivity index (χ2n) is 10.7. The molecular formula is C30H32F4N4O3S. The Morgan fingerprint density at radius 1 is 0.929 bits per heavy atom. The summed E-state index contributed by atoms with van der Waals surface area (Å²) >= 11 is 0. The molecule has 0 heterocycles. The predicted molar refractivity (Wildman–Crippen MR) is 153 cm³/mol. The van der Waals surface area contributed by atoms with Crippen LogP contribution >= 0.6 is 0 Å². The van der Waals surface area contributed by atoms with Crippen molar-refractivity contribution >= 4 is 21.4 Å². The number of nitrogens with two attached hydrogens (primary N) is 1. The molecule has 3 aromatic carbocycles. The number of alkyl halides is 4. The van der Waals surface area contributed by atoms with Crippen LogP contribution in [0.5, 0.6) is 0 Å². The number of hydrogen-bond acceptors (Lipinski definition) is 6. The molecule has 0 bridgehead atoms. The summed E-state index contributed by atoms with van der Waals surface area (Å²) in [5.74, 6) is -0.945. The summed E-state index contributed by atoms with van der Waals surface area (Å²) in [7, 11) is -3.41. The molecule has 42 heavy (non-hydrogen) atoms. The SMILES string of the molecule is CC(C)(F)C[C@H](N[C@@H](c1ccc(-c2ccc(S(C)(=O)=O)cc2)cc1)C(F)(F)F)C(=O)N[C@H](C#N)Cc1ccc(N)cc1. The molecule has 0 unspecified atom stereocenters. The highest BCUT2D eigenvalue weighted by molar-refractivity contribution is 7.90. The van der Waals surface area contributed by atoms with E-state index in [-0.39, 0.29) is 16.9 Å². The molecule has 0 aliphatic carbocycles. The quantitative estimate of drug-likeness (QED) is 0.202. The molecule has 0 aromatic heterocycles. The highest BCUT2D eigenvalue weighted by Crippen LogP contribution is 2.35. The Morgan fingerprint density at radius 3 is 1.90 bits per heavy atom. The van der Waals surface area contributed by atoms with E-state index >= 15 is 0 Å². The van der Waals surface area contributed by atoms with Crippen LogP contribution in [0.2, 0.25) is 0 Å². The summed E-state index contributed by atoms with van der Waals surface area (Å²) in [5, 5.41) is 14.3. The summed E-state index contributed by atoms with van der Waals surface area (Å²) < 4.78 is 80.9. The van der Waals surface area contributed by atoms with Crippen molar-refractivity contribution in [3.8, 4) is 17.2 Å². The lowest BCUT2D eigenvalue weighted by molar-refractivity contribution is -0.161. The van der Waals surface area contributed by atoms with Gasteiger partial charge in [-0.2, -0.15) is 18.4 Å². The van der Waals surface area contributed by atoms with Crippen molar-refractivity contribution in [1.82, 2.24) is 10.6 Å². The zero-order valence-electron chi connectivity index (χ0n) is 23.2. The van der Waals surface area contributed by atoms with Crippen LogP contribution in [0, 0.1) is 11.3 Å². The summed E-state index contributed by atoms with van der Waals surface area (Å²) in [6.45, 7) is 2.30. The lowest BCUT2D eigenvalue weighted by Crippen LogP contribution is -2.53. The van der Waals surface area contributed by atoms with E-state index in [2.05, 4.69) is 10.6 Å². The number of rotatable bonds is 11. The van der Waals surface area contributed by atoms with Gasteiger partial charge in [-0.3, -0.25) is 10.1 Å². The van der Waals surface area contributed by atoms with E-state index in [0.29, 0.717) is 22.4 Å². The van der Waals surface area contributed by atoms with E-state index in [4.69, 9.17) is 5.73 Å². The van der Waals surface area contributed by atoms with Gasteiger partial charge in [0.2, 0.25) is 5.91 Å². The van der Waals surface area contributed by atoms with Gasteiger partial charge in [-0.05, 0) is 60.4 Å². The summed E-state index contributed by atoms with van der Waals surface area (Å²) in [6, 6.07) is 14.7. The van der Waals surface area contributed by atoms with Crippen molar-refractivity contribution in [2.24, 2.45) is 0 Å². The van der Waals surface area contributed by atoms with Crippen molar-refractivity contribution in [3.05, 3.63) is 83.9 Å². The fourth-order valence-electron chi connectivity index (χ4n) is 4.35. The number of amides is 1. The van der Waals surface area contributed by atoms with Crippen LogP contribution in [-0.2, 0) is 21.1 Å². The number of carbonyl (C=O) groups is 1. The molecule has 0 saturated carbocycles. The second-order valence-corrected chi connectivity index (χ2v) is 12.7. The first-order valence-electron chi connectivity index (χ1n) is 12.9. The van der Waals surface area contributed by atoms with Gasteiger partial charge in [0.15, 0.2) is 9.84 Å². The number of nitrogens with zero attached hydrogens (tertiary/aromatic N) is 1. The van der Waals surface area contributed by atoms with Crippen LogP contribution < -0.4 is 16.4 Å². The van der Waals surface area contributed by atoms with Crippen molar-refractivity contribution < 1.29 is 30.8 Å². The Bertz CT molecular complexity index is 1510. The number of hydrogen-bond donors (Lipinski definition) is 3. The van der Waals surface area contributed by atoms with Gasteiger partial charge in [-0.25, -0.2) is 12.8 Å². The molecule has 3 aromatic rings. The average molecular weight is 605 g/mol. The molecule has 224 valence electrons. The lowest BCUT2D eigenvalue weighted by Gasteiger charge is -2.30. The first kappa shape index (κ1) is 32.6. The van der Waals surface area contributed by atoms with Crippen LogP contribution in [0.25, 0.3) is 11.1 Å². The Balaban J connectivity index is 1.84. The number of halogens is 4. The summed E-state index contributed by atoms with van der Waals surface area (Å²) in [4.78, 5) is 13.3. The molecule has 3 atom stereocenters. The van der Waals surface area contributed by atoms with Crippen molar-refractivity contribution in [1.29, 1.82) is 5.26 Å². The number of anilines is 1. The zero-order chi connectivity index (χ0) is 31.3. The molecule has 0 fully saturated rings. The molecule has 4 N–H and O–H groups in total. The zero-order valence-corrected chi connectivity index (χ0v) is 24.1. The molecule has 0 saturated heterocycles. The number of sulfone groups is 1. The van der Waals surface area contributed by atoms with Gasteiger partial charge in [-0.1, -0.05) is 48.5 Å². The first-order chi connectivity index (χ1) is 19.5. The van der Waals surface area contributed by atoms with Gasteiger partial charge in [0.1, 0.15) is 17.8 Å². The predicted octanol–water partition coefficient (Wildman–Crippen LogP) is 5.29. The van der Waals surface area contributed by atoms with Crippen LogP contribution in [0.4, 0.5) is 23.2 Å². The number of nitriles is 1. The Labute approximate surface area is 242 Å². The average Bonchev–Trinajstić information content (AvgIpc) is 2.90. The molecule has 0 spiro atoms. The third-order valence-electron chi connectivity index (χ3n) is 6.45. The van der Waals surface area contributed by atoms with E-state index in [1.54, 1.807) is 36.4 Å². The number of nitrogen functional groups attached to an aromatic ring is 1. The minimum absolute atomic E-state index is 0.0730. The minimum Gasteiger partial charge on any atom is -0.399 e. The lowest BCUT2D eigenvalue weighted by atomic mass is 9.96. The molecule has 0 radical (unpaired) electrons. The smallest absolute Gasteiger partial charge is 0.399 e. The van der Waals surface area contributed by atoms with Gasteiger partial charge >= 0.3 is 6.18 Å². The fourth-order valence-corrected chi connectivity index (χ4v) is 4.98. The molecule has 7 nitrogen and oxygen atoms in total. The highest BCUT2D eigenvalue weighted by atomic mass is 32.2. The minimum atomic E-state index is -4.85. The van der Waals surface area contributed by atoms with E-state index in [1.165, 1.54) is 36.4 Å². The van der Waals surface area contributed by atoms with E-state index in [9.17, 15) is 36.0 Å². The van der Waals surface area contributed by atoms with Crippen LogP contribution in [0.1, 0.15) is 37.4 Å². The fraction of sp³-hybridized carbons (Fsp3) is 0.333. The standard InChI is InChI=1S/C30H32F4N4O3S/c1-29(2,31)17-26(28(39)37-24(18-35)16-19-4-12-23(36)13-5-19)38-27(30(32,33)34)22-8-6-20(7-9-22)21-10-14-25(15-11-21)42(3,40)41/h4-15,24,26-27,38H,16-17,36H2,1-3H3,(H,37,39)/t24-,26-,27-/m0/s1. The van der Waals surface area contributed by atoms with Gasteiger partial charge in [-0.15, -0.1) is 0 Å². The van der Waals surface area contributed by atoms with Crippen molar-refractivity contribution in [2.75, 3.05) is 12.0 Å². The number of nitrogens with one attached hydrogen (secondary N) is 2. The Hall–Kier alpha value is -3.95. The van der Waals surface area contributed by atoms with Crippen LogP contribution in [-0.4, -0.2) is 44.5 Å². The van der Waals surface area contributed by atoms with Gasteiger partial charge in [0.05, 0.1) is 17.0 Å². The third-order valence-corrected chi connectivity index (χ3v) is 7.58. The van der Waals surface area contributed by atoms with Crippen molar-refractivity contribution in [2.45, 2.75) is 61.6 Å². The molecule has 3 rings (SSSR count). The van der Waals surface area contributed by atoms with Gasteiger partial charge < -0.3 is 11.1 Å². The normalized spacial score (nSPS) is 14.4. The molecule has 0 aliphatic rings. The Morgan fingerprint density at radius 2 is 1.45 bits per heavy atom. The second kappa shape index (κ2) is 12.9. The van der Waals surface area contributed by atoms with E-state index < -0.39 is 52.1 Å². The van der Waals surface area contributed by atoms with Gasteiger partial charge in [0.25, 0.3) is 0 Å². The van der Waals surface area contributed by atoms with Crippen LogP contribution in [0.3, 0.4) is 0 Å². The van der Waals surface area contributed by atoms with Crippen LogP contribution in [0.15, 0.2) is 77.7 Å². The van der Waals surface area contributed by atoms with E-state index in [0.717, 1.165) is 20.1 Å². The molecule has 0 aliphatic heterocycles. The Kier molecular flexibility index (Phi) is 10.0. The van der Waals surface area contributed by atoms with Gasteiger partial charge in [0, 0.05) is 24.8 Å². The largest absolute Gasteiger partial charge is 0.407 e. The van der Waals surface area contributed by atoms with Crippen molar-refractivity contribution in [3.63, 3.8) is 0 Å². The number of carbonyl (C=O) groups excluding carboxylic acids is 1. The summed E-state index contributed by atoms with van der Waals surface area (Å²) in [5.41, 5.74) is 5.74. The van der Waals surface area contributed by atoms with E-state index in [1.807, 2.05) is 6.07 Å². The maximum atomic E-state index is 14.7. The topological polar surface area (TPSA) is 125 Å². The number of benzene rings is 3. The molecular weight excluding hydrogens is 572 g/mol. The maximum absolute atomic E-state index is 14.7. The highest BCUT2D eigenvalue weighted by Gasteiger charge is 2.44. The summed E-state index contributed by atoms with van der Waals surface area (Å²) in [6.07, 6.45) is -4.30. The monoisotopic (exact) mass is 604 g/mol. The molecule has 1 amide bonds. The first-order valence-corrected chi connectivity index (χ1v) is 14.8. The third kappa shape index (κ3) is 9.29.